The first-order valence-electron chi connectivity index (χ1n) is 6.45. The number of allylic oxidation sites excluding steroid dienone is 1. The SMILES string of the molecule is C=CCn1cc(C)nc1NCc1ccc(C(F)(F)F)cc1. The second kappa shape index (κ2) is 6.03. The van der Waals surface area contributed by atoms with Gasteiger partial charge in [-0.3, -0.25) is 0 Å². The number of aryl methyl sites for hydroxylation is 1. The van der Waals surface area contributed by atoms with Crippen LogP contribution in [0, 0.1) is 6.92 Å². The van der Waals surface area contributed by atoms with Crippen LogP contribution < -0.4 is 5.32 Å². The average Bonchev–Trinajstić information content (AvgIpc) is 2.76. The van der Waals surface area contributed by atoms with E-state index < -0.39 is 11.7 Å². The van der Waals surface area contributed by atoms with Crippen LogP contribution in [0.25, 0.3) is 0 Å². The normalized spacial score (nSPS) is 11.4. The quantitative estimate of drug-likeness (QED) is 0.845. The van der Waals surface area contributed by atoms with Gasteiger partial charge in [0.25, 0.3) is 0 Å². The van der Waals surface area contributed by atoms with Crippen LogP contribution in [-0.2, 0) is 19.3 Å². The molecule has 0 aliphatic rings. The highest BCUT2D eigenvalue weighted by Crippen LogP contribution is 2.29. The molecule has 21 heavy (non-hydrogen) atoms. The molecule has 1 N–H and O–H groups in total. The van der Waals surface area contributed by atoms with Gasteiger partial charge in [0.2, 0.25) is 5.95 Å². The zero-order valence-electron chi connectivity index (χ0n) is 11.6. The van der Waals surface area contributed by atoms with Crippen molar-refractivity contribution in [2.75, 3.05) is 5.32 Å². The van der Waals surface area contributed by atoms with E-state index in [9.17, 15) is 13.2 Å². The van der Waals surface area contributed by atoms with E-state index in [4.69, 9.17) is 0 Å². The molecule has 112 valence electrons. The van der Waals surface area contributed by atoms with Gasteiger partial charge in [0.15, 0.2) is 0 Å². The molecule has 0 saturated heterocycles. The fraction of sp³-hybridized carbons (Fsp3) is 0.267. The molecule has 0 amide bonds. The van der Waals surface area contributed by atoms with Crippen molar-refractivity contribution in [2.45, 2.75) is 26.2 Å². The van der Waals surface area contributed by atoms with E-state index in [1.807, 2.05) is 17.7 Å². The van der Waals surface area contributed by atoms with Crippen molar-refractivity contribution in [1.29, 1.82) is 0 Å². The predicted octanol–water partition coefficient (Wildman–Crippen LogP) is 4.01. The minimum Gasteiger partial charge on any atom is -0.352 e. The van der Waals surface area contributed by atoms with Gasteiger partial charge >= 0.3 is 6.18 Å². The van der Waals surface area contributed by atoms with E-state index in [-0.39, 0.29) is 0 Å². The summed E-state index contributed by atoms with van der Waals surface area (Å²) in [6, 6.07) is 5.09. The van der Waals surface area contributed by atoms with Crippen molar-refractivity contribution in [3.63, 3.8) is 0 Å². The largest absolute Gasteiger partial charge is 0.416 e. The Labute approximate surface area is 121 Å². The summed E-state index contributed by atoms with van der Waals surface area (Å²) in [5, 5.41) is 3.12. The summed E-state index contributed by atoms with van der Waals surface area (Å²) in [6.07, 6.45) is -0.662. The third-order valence-corrected chi connectivity index (χ3v) is 2.95. The van der Waals surface area contributed by atoms with Gasteiger partial charge in [-0.15, -0.1) is 6.58 Å². The number of nitrogens with zero attached hydrogens (tertiary/aromatic N) is 2. The Morgan fingerprint density at radius 3 is 2.52 bits per heavy atom. The van der Waals surface area contributed by atoms with Crippen molar-refractivity contribution in [3.05, 3.63) is 59.9 Å². The van der Waals surface area contributed by atoms with Gasteiger partial charge in [-0.2, -0.15) is 13.2 Å². The maximum atomic E-state index is 12.5. The first kappa shape index (κ1) is 15.2. The van der Waals surface area contributed by atoms with Gasteiger partial charge in [0, 0.05) is 19.3 Å². The maximum absolute atomic E-state index is 12.5. The third kappa shape index (κ3) is 3.87. The highest BCUT2D eigenvalue weighted by Gasteiger charge is 2.29. The Morgan fingerprint density at radius 1 is 1.29 bits per heavy atom. The second-order valence-electron chi connectivity index (χ2n) is 4.70. The molecular weight excluding hydrogens is 279 g/mol. The first-order chi connectivity index (χ1) is 9.90. The number of imidazole rings is 1. The van der Waals surface area contributed by atoms with Crippen molar-refractivity contribution >= 4 is 5.95 Å². The van der Waals surface area contributed by atoms with E-state index in [0.29, 0.717) is 19.0 Å². The van der Waals surface area contributed by atoms with E-state index in [2.05, 4.69) is 16.9 Å². The lowest BCUT2D eigenvalue weighted by Gasteiger charge is -2.10. The Hall–Kier alpha value is -2.24. The molecule has 0 aliphatic heterocycles. The molecule has 0 radical (unpaired) electrons. The zero-order chi connectivity index (χ0) is 15.5. The van der Waals surface area contributed by atoms with E-state index in [1.54, 1.807) is 6.08 Å². The van der Waals surface area contributed by atoms with Crippen LogP contribution in [0.4, 0.5) is 19.1 Å². The number of benzene rings is 1. The van der Waals surface area contributed by atoms with Gasteiger partial charge in [-0.05, 0) is 24.6 Å². The van der Waals surface area contributed by atoms with Crippen molar-refractivity contribution in [1.82, 2.24) is 9.55 Å². The lowest BCUT2D eigenvalue weighted by Crippen LogP contribution is -2.08. The fourth-order valence-electron chi connectivity index (χ4n) is 1.96. The van der Waals surface area contributed by atoms with Gasteiger partial charge in [-0.1, -0.05) is 18.2 Å². The summed E-state index contributed by atoms with van der Waals surface area (Å²) in [4.78, 5) is 4.33. The van der Waals surface area contributed by atoms with Gasteiger partial charge in [-0.25, -0.2) is 4.98 Å². The Kier molecular flexibility index (Phi) is 4.35. The number of alkyl halides is 3. The monoisotopic (exact) mass is 295 g/mol. The number of nitrogens with one attached hydrogen (secondary N) is 1. The molecule has 0 atom stereocenters. The molecule has 0 saturated carbocycles. The molecule has 0 unspecified atom stereocenters. The van der Waals surface area contributed by atoms with Crippen LogP contribution in [0.1, 0.15) is 16.8 Å². The molecule has 1 aromatic carbocycles. The smallest absolute Gasteiger partial charge is 0.352 e. The first-order valence-corrected chi connectivity index (χ1v) is 6.45. The highest BCUT2D eigenvalue weighted by molar-refractivity contribution is 5.32. The average molecular weight is 295 g/mol. The summed E-state index contributed by atoms with van der Waals surface area (Å²) in [7, 11) is 0. The Bertz CT molecular complexity index is 612. The van der Waals surface area contributed by atoms with Gasteiger partial charge in [0.1, 0.15) is 0 Å². The summed E-state index contributed by atoms with van der Waals surface area (Å²) in [5.41, 5.74) is 0.982. The van der Waals surface area contributed by atoms with Gasteiger partial charge in [0.05, 0.1) is 11.3 Å². The molecule has 0 spiro atoms. The number of rotatable bonds is 5. The second-order valence-corrected chi connectivity index (χ2v) is 4.70. The van der Waals surface area contributed by atoms with E-state index in [1.165, 1.54) is 12.1 Å². The van der Waals surface area contributed by atoms with Gasteiger partial charge < -0.3 is 9.88 Å². The van der Waals surface area contributed by atoms with Crippen molar-refractivity contribution in [2.24, 2.45) is 0 Å². The molecule has 1 heterocycles. The van der Waals surface area contributed by atoms with Crippen LogP contribution >= 0.6 is 0 Å². The molecule has 0 aliphatic carbocycles. The summed E-state index contributed by atoms with van der Waals surface area (Å²) in [5.74, 6) is 0.673. The molecule has 0 bridgehead atoms. The molecular formula is C15H16F3N3. The molecule has 2 aromatic rings. The lowest BCUT2D eigenvalue weighted by molar-refractivity contribution is -0.137. The van der Waals surface area contributed by atoms with Crippen LogP contribution in [0.15, 0.2) is 43.1 Å². The predicted molar refractivity (Wildman–Crippen MR) is 75.9 cm³/mol. The third-order valence-electron chi connectivity index (χ3n) is 2.95. The van der Waals surface area contributed by atoms with E-state index in [0.717, 1.165) is 23.4 Å². The minimum atomic E-state index is -4.30. The van der Waals surface area contributed by atoms with Crippen LogP contribution in [-0.4, -0.2) is 9.55 Å². The lowest BCUT2D eigenvalue weighted by atomic mass is 10.1. The summed E-state index contributed by atoms with van der Waals surface area (Å²) in [6.45, 7) is 6.58. The number of hydrogen-bond acceptors (Lipinski definition) is 2. The molecule has 6 heteroatoms. The van der Waals surface area contributed by atoms with Crippen LogP contribution in [0.3, 0.4) is 0 Å². The Morgan fingerprint density at radius 2 is 1.95 bits per heavy atom. The number of hydrogen-bond donors (Lipinski definition) is 1. The molecule has 0 fully saturated rings. The summed E-state index contributed by atoms with van der Waals surface area (Å²) >= 11 is 0. The maximum Gasteiger partial charge on any atom is 0.416 e. The number of aromatic nitrogens is 2. The van der Waals surface area contributed by atoms with Crippen molar-refractivity contribution in [3.8, 4) is 0 Å². The molecule has 1 aromatic heterocycles. The number of anilines is 1. The van der Waals surface area contributed by atoms with E-state index >= 15 is 0 Å². The summed E-state index contributed by atoms with van der Waals surface area (Å²) < 4.78 is 39.3. The zero-order valence-corrected chi connectivity index (χ0v) is 11.6. The van der Waals surface area contributed by atoms with Crippen LogP contribution in [0.2, 0.25) is 0 Å². The fourth-order valence-corrected chi connectivity index (χ4v) is 1.96. The van der Waals surface area contributed by atoms with Crippen LogP contribution in [0.5, 0.6) is 0 Å². The van der Waals surface area contributed by atoms with Crippen molar-refractivity contribution < 1.29 is 13.2 Å². The molecule has 2 rings (SSSR count). The topological polar surface area (TPSA) is 29.9 Å². The molecule has 3 nitrogen and oxygen atoms in total. The number of halogens is 3. The Balaban J connectivity index is 2.05. The standard InChI is InChI=1S/C15H16F3N3/c1-3-8-21-10-11(2)20-14(21)19-9-12-4-6-13(7-5-12)15(16,17)18/h3-7,10H,1,8-9H2,2H3,(H,19,20). The minimum absolute atomic E-state index is 0.408. The highest BCUT2D eigenvalue weighted by atomic mass is 19.4.